The summed E-state index contributed by atoms with van der Waals surface area (Å²) in [6.07, 6.45) is 1.52. The molecule has 0 radical (unpaired) electrons. The number of likely N-dealkylation sites (tertiary alicyclic amines) is 2. The van der Waals surface area contributed by atoms with Crippen molar-refractivity contribution < 1.29 is 9.59 Å². The number of carbonyl (C=O) groups excluding carboxylic acids is 2. The van der Waals surface area contributed by atoms with E-state index in [-0.39, 0.29) is 30.5 Å². The van der Waals surface area contributed by atoms with Crippen molar-refractivity contribution in [3.8, 4) is 0 Å². The Hall–Kier alpha value is -2.43. The molecule has 2 saturated heterocycles. The Labute approximate surface area is 190 Å². The SMILES string of the molecule is CN1C[C@H]2CN(C(=O)CC3=C(c4ccccc4)CCC3=O)C[C@H]2[C@@H]1c1ccccc1.Cl. The molecule has 0 unspecified atom stereocenters. The van der Waals surface area contributed by atoms with E-state index in [0.29, 0.717) is 24.3 Å². The van der Waals surface area contributed by atoms with Gasteiger partial charge in [0.05, 0.1) is 6.42 Å². The quantitative estimate of drug-likeness (QED) is 0.714. The Morgan fingerprint density at radius 2 is 1.61 bits per heavy atom. The molecule has 2 fully saturated rings. The first-order chi connectivity index (χ1) is 14.6. The molecule has 0 bridgehead atoms. The molecule has 3 aliphatic rings. The summed E-state index contributed by atoms with van der Waals surface area (Å²) in [5.74, 6) is 1.22. The molecule has 1 amide bonds. The lowest BCUT2D eigenvalue weighted by molar-refractivity contribution is -0.130. The molecule has 3 atom stereocenters. The highest BCUT2D eigenvalue weighted by molar-refractivity contribution is 6.10. The number of carbonyl (C=O) groups is 2. The molecule has 5 rings (SSSR count). The maximum Gasteiger partial charge on any atom is 0.227 e. The molecule has 2 heterocycles. The van der Waals surface area contributed by atoms with Gasteiger partial charge in [-0.3, -0.25) is 14.5 Å². The van der Waals surface area contributed by atoms with Gasteiger partial charge in [0.2, 0.25) is 5.91 Å². The number of halogens is 1. The second kappa shape index (κ2) is 8.97. The number of hydrogen-bond acceptors (Lipinski definition) is 3. The van der Waals surface area contributed by atoms with E-state index in [2.05, 4.69) is 42.3 Å². The highest BCUT2D eigenvalue weighted by Gasteiger charge is 2.47. The highest BCUT2D eigenvalue weighted by Crippen LogP contribution is 2.44. The number of rotatable bonds is 4. The van der Waals surface area contributed by atoms with Crippen LogP contribution in [0.15, 0.2) is 66.2 Å². The van der Waals surface area contributed by atoms with Crippen LogP contribution in [0, 0.1) is 11.8 Å². The molecule has 1 aliphatic carbocycles. The predicted octanol–water partition coefficient (Wildman–Crippen LogP) is 4.38. The Balaban J connectivity index is 0.00000231. The van der Waals surface area contributed by atoms with Crippen LogP contribution < -0.4 is 0 Å². The van der Waals surface area contributed by atoms with Crippen LogP contribution in [0.2, 0.25) is 0 Å². The molecule has 0 aromatic heterocycles. The summed E-state index contributed by atoms with van der Waals surface area (Å²) in [6, 6.07) is 21.0. The lowest BCUT2D eigenvalue weighted by Gasteiger charge is -2.27. The van der Waals surface area contributed by atoms with Crippen LogP contribution in [0.5, 0.6) is 0 Å². The van der Waals surface area contributed by atoms with E-state index in [0.717, 1.165) is 42.8 Å². The van der Waals surface area contributed by atoms with Crippen LogP contribution in [0.4, 0.5) is 0 Å². The van der Waals surface area contributed by atoms with Crippen LogP contribution in [-0.4, -0.2) is 48.2 Å². The summed E-state index contributed by atoms with van der Waals surface area (Å²) < 4.78 is 0. The lowest BCUT2D eigenvalue weighted by Crippen LogP contribution is -2.33. The van der Waals surface area contributed by atoms with E-state index < -0.39 is 0 Å². The van der Waals surface area contributed by atoms with Crippen LogP contribution >= 0.6 is 12.4 Å². The molecule has 2 aromatic rings. The second-order valence-electron chi connectivity index (χ2n) is 8.94. The number of benzene rings is 2. The topological polar surface area (TPSA) is 40.6 Å². The van der Waals surface area contributed by atoms with E-state index in [1.807, 2.05) is 35.2 Å². The van der Waals surface area contributed by atoms with Crippen LogP contribution in [0.3, 0.4) is 0 Å². The summed E-state index contributed by atoms with van der Waals surface area (Å²) in [5.41, 5.74) is 4.22. The van der Waals surface area contributed by atoms with Crippen LogP contribution in [-0.2, 0) is 9.59 Å². The molecule has 2 aliphatic heterocycles. The van der Waals surface area contributed by atoms with Crippen molar-refractivity contribution in [1.82, 2.24) is 9.80 Å². The van der Waals surface area contributed by atoms with Crippen molar-refractivity contribution >= 4 is 29.7 Å². The second-order valence-corrected chi connectivity index (χ2v) is 8.94. The largest absolute Gasteiger partial charge is 0.342 e. The Bertz CT molecular complexity index is 989. The van der Waals surface area contributed by atoms with Gasteiger partial charge < -0.3 is 4.90 Å². The Morgan fingerprint density at radius 3 is 2.32 bits per heavy atom. The molecule has 0 N–H and O–H groups in total. The fraction of sp³-hybridized carbons (Fsp3) is 0.385. The minimum Gasteiger partial charge on any atom is -0.342 e. The van der Waals surface area contributed by atoms with E-state index in [1.54, 1.807) is 0 Å². The van der Waals surface area contributed by atoms with Crippen molar-refractivity contribution in [2.45, 2.75) is 25.3 Å². The molecular weight excluding hydrogens is 408 g/mol. The first kappa shape index (κ1) is 21.8. The van der Waals surface area contributed by atoms with Gasteiger partial charge in [0.15, 0.2) is 5.78 Å². The van der Waals surface area contributed by atoms with Gasteiger partial charge in [-0.1, -0.05) is 60.7 Å². The summed E-state index contributed by atoms with van der Waals surface area (Å²) in [5, 5.41) is 0. The smallest absolute Gasteiger partial charge is 0.227 e. The van der Waals surface area contributed by atoms with E-state index in [1.165, 1.54) is 5.56 Å². The lowest BCUT2D eigenvalue weighted by atomic mass is 9.90. The minimum absolute atomic E-state index is 0. The fourth-order valence-electron chi connectivity index (χ4n) is 5.75. The minimum atomic E-state index is 0. The molecule has 0 saturated carbocycles. The number of allylic oxidation sites excluding steroid dienone is 1. The van der Waals surface area contributed by atoms with Gasteiger partial charge in [0.25, 0.3) is 0 Å². The molecule has 0 spiro atoms. The third-order valence-electron chi connectivity index (χ3n) is 7.14. The average molecular weight is 437 g/mol. The van der Waals surface area contributed by atoms with Crippen molar-refractivity contribution in [1.29, 1.82) is 0 Å². The standard InChI is InChI=1S/C26H28N2O2.ClH/c1-27-15-20-16-28(17-23(20)26(27)19-10-6-3-7-11-19)25(30)14-22-21(12-13-24(22)29)18-8-4-2-5-9-18;/h2-11,20,23,26H,12-17H2,1H3;1H/t20-,23+,26-;/m0./s1. The van der Waals surface area contributed by atoms with Crippen LogP contribution in [0.1, 0.15) is 36.4 Å². The number of fused-ring (bicyclic) bond motifs is 1. The zero-order valence-corrected chi connectivity index (χ0v) is 18.7. The third kappa shape index (κ3) is 4.07. The molecule has 2 aromatic carbocycles. The van der Waals surface area contributed by atoms with Gasteiger partial charge >= 0.3 is 0 Å². The molecule has 162 valence electrons. The molecular formula is C26H29ClN2O2. The zero-order valence-electron chi connectivity index (χ0n) is 17.9. The van der Waals surface area contributed by atoms with Crippen molar-refractivity contribution in [2.24, 2.45) is 11.8 Å². The summed E-state index contributed by atoms with van der Waals surface area (Å²) in [7, 11) is 2.19. The van der Waals surface area contributed by atoms with E-state index in [4.69, 9.17) is 0 Å². The number of amides is 1. The number of Topliss-reactive ketones (excluding diaryl/α,β-unsaturated/α-hetero) is 1. The summed E-state index contributed by atoms with van der Waals surface area (Å²) in [6.45, 7) is 2.61. The van der Waals surface area contributed by atoms with Gasteiger partial charge in [-0.25, -0.2) is 0 Å². The summed E-state index contributed by atoms with van der Waals surface area (Å²) in [4.78, 5) is 30.2. The predicted molar refractivity (Wildman–Crippen MR) is 125 cm³/mol. The van der Waals surface area contributed by atoms with Gasteiger partial charge in [0.1, 0.15) is 0 Å². The first-order valence-corrected chi connectivity index (χ1v) is 11.0. The maximum absolute atomic E-state index is 13.2. The van der Waals surface area contributed by atoms with Gasteiger partial charge in [-0.2, -0.15) is 0 Å². The molecule has 31 heavy (non-hydrogen) atoms. The summed E-state index contributed by atoms with van der Waals surface area (Å²) >= 11 is 0. The maximum atomic E-state index is 13.2. The van der Waals surface area contributed by atoms with E-state index >= 15 is 0 Å². The fourth-order valence-corrected chi connectivity index (χ4v) is 5.75. The third-order valence-corrected chi connectivity index (χ3v) is 7.14. The van der Waals surface area contributed by atoms with Crippen LogP contribution in [0.25, 0.3) is 5.57 Å². The monoisotopic (exact) mass is 436 g/mol. The van der Waals surface area contributed by atoms with Gasteiger partial charge in [0, 0.05) is 43.6 Å². The first-order valence-electron chi connectivity index (χ1n) is 11.0. The average Bonchev–Trinajstić information content (AvgIpc) is 3.42. The number of nitrogens with zero attached hydrogens (tertiary/aromatic N) is 2. The van der Waals surface area contributed by atoms with Crippen molar-refractivity contribution in [3.63, 3.8) is 0 Å². The Morgan fingerprint density at radius 1 is 0.935 bits per heavy atom. The van der Waals surface area contributed by atoms with E-state index in [9.17, 15) is 9.59 Å². The van der Waals surface area contributed by atoms with Gasteiger partial charge in [-0.15, -0.1) is 12.4 Å². The normalized spacial score (nSPS) is 25.6. The number of hydrogen-bond donors (Lipinski definition) is 0. The van der Waals surface area contributed by atoms with Gasteiger partial charge in [-0.05, 0) is 36.1 Å². The van der Waals surface area contributed by atoms with Crippen molar-refractivity contribution in [2.75, 3.05) is 26.7 Å². The van der Waals surface area contributed by atoms with Crippen molar-refractivity contribution in [3.05, 3.63) is 77.4 Å². The number of ketones is 1. The molecule has 4 nitrogen and oxygen atoms in total. The highest BCUT2D eigenvalue weighted by atomic mass is 35.5. The molecule has 5 heteroatoms. The Kier molecular flexibility index (Phi) is 6.31. The zero-order chi connectivity index (χ0) is 20.7.